The molecule has 4 nitrogen and oxygen atoms in total. The standard InChI is InChI=1S/C26H23NO3/c1-2-19-8-3-4-15-26(19)30-25-14-7-13-24(18-25)29-23-12-6-11-22(17-23)28-21-10-5-9-20(27)16-21/h3-18H,2,27H2,1H3. The van der Waals surface area contributed by atoms with Crippen molar-refractivity contribution in [3.63, 3.8) is 0 Å². The predicted octanol–water partition coefficient (Wildman–Crippen LogP) is 7.21. The van der Waals surface area contributed by atoms with Crippen LogP contribution in [0.4, 0.5) is 5.69 Å². The van der Waals surface area contributed by atoms with Gasteiger partial charge in [0.25, 0.3) is 0 Å². The molecule has 0 spiro atoms. The molecule has 0 aromatic heterocycles. The van der Waals surface area contributed by atoms with Gasteiger partial charge < -0.3 is 19.9 Å². The molecule has 4 rings (SSSR count). The quantitative estimate of drug-likeness (QED) is 0.335. The zero-order chi connectivity index (χ0) is 20.8. The normalized spacial score (nSPS) is 10.4. The van der Waals surface area contributed by atoms with Gasteiger partial charge in [-0.05, 0) is 54.4 Å². The van der Waals surface area contributed by atoms with Crippen LogP contribution in [0.2, 0.25) is 0 Å². The topological polar surface area (TPSA) is 53.7 Å². The van der Waals surface area contributed by atoms with Crippen molar-refractivity contribution >= 4 is 5.69 Å². The van der Waals surface area contributed by atoms with Gasteiger partial charge in [0.05, 0.1) is 0 Å². The van der Waals surface area contributed by atoms with Gasteiger partial charge in [0.15, 0.2) is 0 Å². The summed E-state index contributed by atoms with van der Waals surface area (Å²) in [5.74, 6) is 4.28. The van der Waals surface area contributed by atoms with Gasteiger partial charge in [0, 0.05) is 23.9 Å². The zero-order valence-electron chi connectivity index (χ0n) is 16.7. The SMILES string of the molecule is CCc1ccccc1Oc1cccc(Oc2cccc(Oc3cccc(N)c3)c2)c1. The van der Waals surface area contributed by atoms with Crippen LogP contribution >= 0.6 is 0 Å². The molecule has 0 radical (unpaired) electrons. The number of hydrogen-bond acceptors (Lipinski definition) is 4. The minimum atomic E-state index is 0.654. The summed E-state index contributed by atoms with van der Waals surface area (Å²) in [4.78, 5) is 0. The summed E-state index contributed by atoms with van der Waals surface area (Å²) in [7, 11) is 0. The van der Waals surface area contributed by atoms with E-state index in [2.05, 4.69) is 13.0 Å². The molecule has 30 heavy (non-hydrogen) atoms. The second-order valence-electron chi connectivity index (χ2n) is 6.79. The molecule has 0 atom stereocenters. The van der Waals surface area contributed by atoms with Gasteiger partial charge in [-0.1, -0.05) is 43.3 Å². The number of nitrogens with two attached hydrogens (primary N) is 1. The average Bonchev–Trinajstić information content (AvgIpc) is 2.75. The number of hydrogen-bond donors (Lipinski definition) is 1. The Balaban J connectivity index is 1.49. The highest BCUT2D eigenvalue weighted by molar-refractivity contribution is 5.46. The largest absolute Gasteiger partial charge is 0.457 e. The van der Waals surface area contributed by atoms with Crippen LogP contribution in [0.25, 0.3) is 0 Å². The first-order valence-corrected chi connectivity index (χ1v) is 9.87. The molecule has 0 aliphatic carbocycles. The third-order valence-corrected chi connectivity index (χ3v) is 4.52. The van der Waals surface area contributed by atoms with Crippen LogP contribution < -0.4 is 19.9 Å². The Hall–Kier alpha value is -3.92. The molecule has 0 saturated carbocycles. The van der Waals surface area contributed by atoms with Crippen LogP contribution in [0.5, 0.6) is 34.5 Å². The predicted molar refractivity (Wildman–Crippen MR) is 120 cm³/mol. The number of anilines is 1. The highest BCUT2D eigenvalue weighted by Crippen LogP contribution is 2.32. The molecule has 0 saturated heterocycles. The lowest BCUT2D eigenvalue weighted by atomic mass is 10.1. The van der Waals surface area contributed by atoms with Crippen LogP contribution in [0, 0.1) is 0 Å². The molecule has 0 aliphatic rings. The fourth-order valence-corrected chi connectivity index (χ4v) is 3.08. The van der Waals surface area contributed by atoms with Gasteiger partial charge in [-0.25, -0.2) is 0 Å². The number of aryl methyl sites for hydroxylation is 1. The molecule has 0 amide bonds. The van der Waals surface area contributed by atoms with Crippen molar-refractivity contribution in [2.75, 3.05) is 5.73 Å². The summed E-state index contributed by atoms with van der Waals surface area (Å²) in [5.41, 5.74) is 7.63. The van der Waals surface area contributed by atoms with E-state index in [0.29, 0.717) is 28.7 Å². The van der Waals surface area contributed by atoms with E-state index in [1.807, 2.05) is 84.9 Å². The minimum absolute atomic E-state index is 0.654. The van der Waals surface area contributed by atoms with Gasteiger partial charge in [0.1, 0.15) is 34.5 Å². The van der Waals surface area contributed by atoms with E-state index in [1.54, 1.807) is 6.07 Å². The highest BCUT2D eigenvalue weighted by atomic mass is 16.5. The molecule has 0 bridgehead atoms. The van der Waals surface area contributed by atoms with Gasteiger partial charge in [0.2, 0.25) is 0 Å². The van der Waals surface area contributed by atoms with Crippen molar-refractivity contribution in [3.05, 3.63) is 103 Å². The smallest absolute Gasteiger partial charge is 0.131 e. The molecule has 0 fully saturated rings. The van der Waals surface area contributed by atoms with Crippen molar-refractivity contribution in [3.8, 4) is 34.5 Å². The molecule has 4 aromatic rings. The van der Waals surface area contributed by atoms with Gasteiger partial charge >= 0.3 is 0 Å². The number of benzene rings is 4. The molecule has 4 aromatic carbocycles. The summed E-state index contributed by atoms with van der Waals surface area (Å²) in [6.45, 7) is 2.11. The lowest BCUT2D eigenvalue weighted by Gasteiger charge is -2.12. The molecule has 0 unspecified atom stereocenters. The minimum Gasteiger partial charge on any atom is -0.457 e. The van der Waals surface area contributed by atoms with Crippen LogP contribution in [0.1, 0.15) is 12.5 Å². The molecular weight excluding hydrogens is 374 g/mol. The zero-order valence-corrected chi connectivity index (χ0v) is 16.7. The second-order valence-corrected chi connectivity index (χ2v) is 6.79. The molecule has 2 N–H and O–H groups in total. The van der Waals surface area contributed by atoms with E-state index in [-0.39, 0.29) is 0 Å². The highest BCUT2D eigenvalue weighted by Gasteiger charge is 2.06. The number of rotatable bonds is 7. The summed E-state index contributed by atoms with van der Waals surface area (Å²) in [6.07, 6.45) is 0.909. The van der Waals surface area contributed by atoms with Crippen molar-refractivity contribution in [1.29, 1.82) is 0 Å². The molecule has 0 heterocycles. The Labute approximate surface area is 176 Å². The molecule has 0 aliphatic heterocycles. The Bertz CT molecular complexity index is 1140. The van der Waals surface area contributed by atoms with Gasteiger partial charge in [-0.3, -0.25) is 0 Å². The van der Waals surface area contributed by atoms with Crippen LogP contribution in [-0.4, -0.2) is 0 Å². The average molecular weight is 397 g/mol. The van der Waals surface area contributed by atoms with E-state index in [0.717, 1.165) is 23.5 Å². The van der Waals surface area contributed by atoms with Crippen LogP contribution in [0.15, 0.2) is 97.1 Å². The van der Waals surface area contributed by atoms with E-state index in [9.17, 15) is 0 Å². The lowest BCUT2D eigenvalue weighted by Crippen LogP contribution is -1.91. The number of nitrogen functional groups attached to an aromatic ring is 1. The lowest BCUT2D eigenvalue weighted by molar-refractivity contribution is 0.450. The van der Waals surface area contributed by atoms with Gasteiger partial charge in [-0.15, -0.1) is 0 Å². The first-order chi connectivity index (χ1) is 14.7. The van der Waals surface area contributed by atoms with E-state index >= 15 is 0 Å². The first kappa shape index (κ1) is 19.4. The van der Waals surface area contributed by atoms with Crippen LogP contribution in [-0.2, 0) is 6.42 Å². The van der Waals surface area contributed by atoms with Gasteiger partial charge in [-0.2, -0.15) is 0 Å². The summed E-state index contributed by atoms with van der Waals surface area (Å²) in [6, 6.07) is 30.4. The Morgan fingerprint density at radius 1 is 0.567 bits per heavy atom. The third kappa shape index (κ3) is 4.92. The van der Waals surface area contributed by atoms with Crippen LogP contribution in [0.3, 0.4) is 0 Å². The maximum absolute atomic E-state index is 6.08. The fraction of sp³-hybridized carbons (Fsp3) is 0.0769. The van der Waals surface area contributed by atoms with Crippen molar-refractivity contribution in [2.45, 2.75) is 13.3 Å². The molecule has 150 valence electrons. The number of ether oxygens (including phenoxy) is 3. The Morgan fingerprint density at radius 3 is 1.63 bits per heavy atom. The first-order valence-electron chi connectivity index (χ1n) is 9.87. The van der Waals surface area contributed by atoms with Crippen molar-refractivity contribution in [1.82, 2.24) is 0 Å². The molecule has 4 heteroatoms. The van der Waals surface area contributed by atoms with Crippen molar-refractivity contribution in [2.24, 2.45) is 0 Å². The summed E-state index contributed by atoms with van der Waals surface area (Å²) >= 11 is 0. The van der Waals surface area contributed by atoms with Crippen molar-refractivity contribution < 1.29 is 14.2 Å². The summed E-state index contributed by atoms with van der Waals surface area (Å²) in [5, 5.41) is 0. The summed E-state index contributed by atoms with van der Waals surface area (Å²) < 4.78 is 18.0. The van der Waals surface area contributed by atoms with E-state index < -0.39 is 0 Å². The number of para-hydroxylation sites is 1. The second kappa shape index (κ2) is 9.05. The van der Waals surface area contributed by atoms with E-state index in [1.165, 1.54) is 0 Å². The maximum atomic E-state index is 6.08. The Kier molecular flexibility index (Phi) is 5.85. The van der Waals surface area contributed by atoms with E-state index in [4.69, 9.17) is 19.9 Å². The Morgan fingerprint density at radius 2 is 1.07 bits per heavy atom. The fourth-order valence-electron chi connectivity index (χ4n) is 3.08. The molecular formula is C26H23NO3. The third-order valence-electron chi connectivity index (χ3n) is 4.52. The monoisotopic (exact) mass is 397 g/mol. The maximum Gasteiger partial charge on any atom is 0.131 e.